The minimum Gasteiger partial charge on any atom is -0.481 e. The van der Waals surface area contributed by atoms with Crippen LogP contribution >= 0.6 is 0 Å². The van der Waals surface area contributed by atoms with Crippen molar-refractivity contribution in [2.45, 2.75) is 37.7 Å². The lowest BCUT2D eigenvalue weighted by Gasteiger charge is -2.28. The Labute approximate surface area is 117 Å². The SMILES string of the molecule is COCc1ccc2c(c1C1(C(=O)O)CCCC1)OCO2. The Morgan fingerprint density at radius 2 is 2.10 bits per heavy atom. The number of carboxylic acid groups (broad SMARTS) is 1. The van der Waals surface area contributed by atoms with Crippen LogP contribution in [0.2, 0.25) is 0 Å². The standard InChI is InChI=1S/C15H18O5/c1-18-8-10-4-5-11-13(20-9-19-11)12(10)15(14(16)17)6-2-3-7-15/h4-5H,2-3,6-9H2,1H3,(H,16,17). The lowest BCUT2D eigenvalue weighted by atomic mass is 9.76. The van der Waals surface area contributed by atoms with E-state index < -0.39 is 11.4 Å². The summed E-state index contributed by atoms with van der Waals surface area (Å²) in [5, 5.41) is 9.80. The molecule has 1 fully saturated rings. The smallest absolute Gasteiger partial charge is 0.314 e. The molecule has 1 N–H and O–H groups in total. The first kappa shape index (κ1) is 13.2. The van der Waals surface area contributed by atoms with Gasteiger partial charge in [0.25, 0.3) is 0 Å². The molecule has 0 unspecified atom stereocenters. The lowest BCUT2D eigenvalue weighted by molar-refractivity contribution is -0.143. The summed E-state index contributed by atoms with van der Waals surface area (Å²) in [6.07, 6.45) is 3.12. The molecular formula is C15H18O5. The third-order valence-corrected chi connectivity index (χ3v) is 4.27. The first-order valence-electron chi connectivity index (χ1n) is 6.83. The van der Waals surface area contributed by atoms with Gasteiger partial charge in [-0.15, -0.1) is 0 Å². The van der Waals surface area contributed by atoms with Crippen LogP contribution in [0.3, 0.4) is 0 Å². The second-order valence-electron chi connectivity index (χ2n) is 5.36. The molecule has 108 valence electrons. The van der Waals surface area contributed by atoms with Crippen LogP contribution in [0.4, 0.5) is 0 Å². The van der Waals surface area contributed by atoms with E-state index in [4.69, 9.17) is 14.2 Å². The molecule has 0 spiro atoms. The number of rotatable bonds is 4. The number of aliphatic carboxylic acids is 1. The Balaban J connectivity index is 2.19. The summed E-state index contributed by atoms with van der Waals surface area (Å²) in [4.78, 5) is 11.9. The highest BCUT2D eigenvalue weighted by Crippen LogP contribution is 2.50. The molecule has 0 bridgehead atoms. The number of hydrogen-bond acceptors (Lipinski definition) is 4. The number of ether oxygens (including phenoxy) is 3. The fourth-order valence-electron chi connectivity index (χ4n) is 3.36. The molecule has 1 saturated carbocycles. The van der Waals surface area contributed by atoms with Crippen molar-refractivity contribution in [2.75, 3.05) is 13.9 Å². The topological polar surface area (TPSA) is 65.0 Å². The number of fused-ring (bicyclic) bond motifs is 1. The van der Waals surface area contributed by atoms with E-state index in [0.29, 0.717) is 30.9 Å². The number of methoxy groups -OCH3 is 1. The summed E-state index contributed by atoms with van der Waals surface area (Å²) < 4.78 is 16.2. The van der Waals surface area contributed by atoms with Crippen molar-refractivity contribution in [3.63, 3.8) is 0 Å². The molecule has 0 saturated heterocycles. The molecule has 0 radical (unpaired) electrons. The molecule has 1 aromatic carbocycles. The summed E-state index contributed by atoms with van der Waals surface area (Å²) in [6.45, 7) is 0.523. The summed E-state index contributed by atoms with van der Waals surface area (Å²) in [5.74, 6) is 0.437. The van der Waals surface area contributed by atoms with Gasteiger partial charge in [0.1, 0.15) is 0 Å². The average Bonchev–Trinajstić information content (AvgIpc) is 3.08. The molecule has 2 aliphatic rings. The molecule has 1 heterocycles. The molecule has 3 rings (SSSR count). The Kier molecular flexibility index (Phi) is 3.30. The monoisotopic (exact) mass is 278 g/mol. The number of benzene rings is 1. The van der Waals surface area contributed by atoms with Crippen LogP contribution in [-0.2, 0) is 21.6 Å². The summed E-state index contributed by atoms with van der Waals surface area (Å²) in [7, 11) is 1.61. The molecule has 1 aliphatic heterocycles. The van der Waals surface area contributed by atoms with Gasteiger partial charge in [0.05, 0.1) is 12.0 Å². The second kappa shape index (κ2) is 4.98. The van der Waals surface area contributed by atoms with E-state index in [2.05, 4.69) is 0 Å². The quantitative estimate of drug-likeness (QED) is 0.916. The van der Waals surface area contributed by atoms with Gasteiger partial charge >= 0.3 is 5.97 Å². The third kappa shape index (κ3) is 1.85. The van der Waals surface area contributed by atoms with Crippen LogP contribution < -0.4 is 9.47 Å². The lowest BCUT2D eigenvalue weighted by Crippen LogP contribution is -2.34. The van der Waals surface area contributed by atoms with Crippen molar-refractivity contribution >= 4 is 5.97 Å². The highest BCUT2D eigenvalue weighted by Gasteiger charge is 2.47. The molecule has 1 aliphatic carbocycles. The van der Waals surface area contributed by atoms with Gasteiger partial charge < -0.3 is 19.3 Å². The Morgan fingerprint density at radius 1 is 1.35 bits per heavy atom. The van der Waals surface area contributed by atoms with Gasteiger partial charge in [-0.3, -0.25) is 4.79 Å². The Morgan fingerprint density at radius 3 is 2.75 bits per heavy atom. The van der Waals surface area contributed by atoms with E-state index in [1.807, 2.05) is 12.1 Å². The Hall–Kier alpha value is -1.75. The fourth-order valence-corrected chi connectivity index (χ4v) is 3.36. The maximum atomic E-state index is 11.9. The molecular weight excluding hydrogens is 260 g/mol. The van der Waals surface area contributed by atoms with Gasteiger partial charge in [-0.25, -0.2) is 0 Å². The minimum atomic E-state index is -0.868. The highest BCUT2D eigenvalue weighted by molar-refractivity contribution is 5.84. The third-order valence-electron chi connectivity index (χ3n) is 4.27. The molecule has 20 heavy (non-hydrogen) atoms. The maximum absolute atomic E-state index is 11.9. The largest absolute Gasteiger partial charge is 0.481 e. The molecule has 0 amide bonds. The number of hydrogen-bond donors (Lipinski definition) is 1. The van der Waals surface area contributed by atoms with Crippen LogP contribution in [0.25, 0.3) is 0 Å². The van der Waals surface area contributed by atoms with Gasteiger partial charge in [0.2, 0.25) is 6.79 Å². The van der Waals surface area contributed by atoms with Gasteiger partial charge in [0.15, 0.2) is 11.5 Å². The van der Waals surface area contributed by atoms with Crippen molar-refractivity contribution in [2.24, 2.45) is 0 Å². The summed E-state index contributed by atoms with van der Waals surface area (Å²) in [5.41, 5.74) is 0.757. The first-order valence-corrected chi connectivity index (χ1v) is 6.83. The zero-order valence-corrected chi connectivity index (χ0v) is 11.5. The van der Waals surface area contributed by atoms with Crippen molar-refractivity contribution < 1.29 is 24.1 Å². The van der Waals surface area contributed by atoms with Crippen LogP contribution in [-0.4, -0.2) is 25.0 Å². The predicted octanol–water partition coefficient (Wildman–Crippen LogP) is 2.46. The number of carboxylic acids is 1. The van der Waals surface area contributed by atoms with Gasteiger partial charge in [-0.05, 0) is 24.5 Å². The highest BCUT2D eigenvalue weighted by atomic mass is 16.7. The van der Waals surface area contributed by atoms with Crippen molar-refractivity contribution in [1.82, 2.24) is 0 Å². The van der Waals surface area contributed by atoms with Crippen LogP contribution in [0.15, 0.2) is 12.1 Å². The van der Waals surface area contributed by atoms with Crippen LogP contribution in [0, 0.1) is 0 Å². The average molecular weight is 278 g/mol. The number of carbonyl (C=O) groups is 1. The van der Waals surface area contributed by atoms with Crippen molar-refractivity contribution in [3.05, 3.63) is 23.3 Å². The fraction of sp³-hybridized carbons (Fsp3) is 0.533. The molecule has 5 heteroatoms. The first-order chi connectivity index (χ1) is 9.69. The summed E-state index contributed by atoms with van der Waals surface area (Å²) in [6, 6.07) is 3.71. The molecule has 1 aromatic rings. The van der Waals surface area contributed by atoms with Gasteiger partial charge in [-0.2, -0.15) is 0 Å². The van der Waals surface area contributed by atoms with Gasteiger partial charge in [0, 0.05) is 12.7 Å². The maximum Gasteiger partial charge on any atom is 0.314 e. The van der Waals surface area contributed by atoms with E-state index in [1.165, 1.54) is 0 Å². The van der Waals surface area contributed by atoms with E-state index >= 15 is 0 Å². The predicted molar refractivity (Wildman–Crippen MR) is 71.1 cm³/mol. The molecule has 0 aromatic heterocycles. The van der Waals surface area contributed by atoms with E-state index in [-0.39, 0.29) is 6.79 Å². The zero-order valence-electron chi connectivity index (χ0n) is 11.5. The second-order valence-corrected chi connectivity index (χ2v) is 5.36. The van der Waals surface area contributed by atoms with Gasteiger partial charge in [-0.1, -0.05) is 18.9 Å². The molecule has 0 atom stereocenters. The van der Waals surface area contributed by atoms with E-state index in [0.717, 1.165) is 24.0 Å². The molecule has 5 nitrogen and oxygen atoms in total. The zero-order chi connectivity index (χ0) is 14.2. The van der Waals surface area contributed by atoms with Crippen LogP contribution in [0.5, 0.6) is 11.5 Å². The van der Waals surface area contributed by atoms with E-state index in [1.54, 1.807) is 7.11 Å². The van der Waals surface area contributed by atoms with E-state index in [9.17, 15) is 9.90 Å². The van der Waals surface area contributed by atoms with Crippen molar-refractivity contribution in [3.8, 4) is 11.5 Å². The normalized spacial score (nSPS) is 19.2. The van der Waals surface area contributed by atoms with Crippen molar-refractivity contribution in [1.29, 1.82) is 0 Å². The summed E-state index contributed by atoms with van der Waals surface area (Å²) >= 11 is 0. The minimum absolute atomic E-state index is 0.147. The van der Waals surface area contributed by atoms with Crippen LogP contribution in [0.1, 0.15) is 36.8 Å². The Bertz CT molecular complexity index is 531.